The van der Waals surface area contributed by atoms with E-state index in [-0.39, 0.29) is 5.91 Å². The molecule has 1 heterocycles. The average Bonchev–Trinajstić information content (AvgIpc) is 2.69. The molecule has 0 saturated carbocycles. The van der Waals surface area contributed by atoms with E-state index in [0.29, 0.717) is 17.8 Å². The summed E-state index contributed by atoms with van der Waals surface area (Å²) in [6.45, 7) is 0.697. The van der Waals surface area contributed by atoms with Crippen molar-refractivity contribution in [2.75, 3.05) is 24.3 Å². The fourth-order valence-electron chi connectivity index (χ4n) is 2.57. The van der Waals surface area contributed by atoms with Gasteiger partial charge in [0.2, 0.25) is 0 Å². The van der Waals surface area contributed by atoms with E-state index in [1.165, 1.54) is 23.9 Å². The third-order valence-electron chi connectivity index (χ3n) is 3.98. The Morgan fingerprint density at radius 3 is 2.63 bits per heavy atom. The number of methoxy groups -OCH3 is 1. The molecule has 138 valence electrons. The van der Waals surface area contributed by atoms with Crippen LogP contribution in [0.1, 0.15) is 15.9 Å². The van der Waals surface area contributed by atoms with E-state index in [9.17, 15) is 9.18 Å². The number of benzene rings is 2. The van der Waals surface area contributed by atoms with Crippen LogP contribution in [0.3, 0.4) is 0 Å². The fraction of sp³-hybridized carbons (Fsp3) is 0.143. The molecule has 1 amide bonds. The van der Waals surface area contributed by atoms with E-state index in [2.05, 4.69) is 15.6 Å². The van der Waals surface area contributed by atoms with Crippen LogP contribution in [0.5, 0.6) is 5.75 Å². The second-order valence-corrected chi connectivity index (χ2v) is 5.95. The Kier molecular flexibility index (Phi) is 5.99. The summed E-state index contributed by atoms with van der Waals surface area (Å²) in [4.78, 5) is 16.4. The van der Waals surface area contributed by atoms with Gasteiger partial charge in [0.25, 0.3) is 5.91 Å². The first-order valence-corrected chi connectivity index (χ1v) is 8.53. The highest BCUT2D eigenvalue weighted by Crippen LogP contribution is 2.14. The number of hydrogen-bond donors (Lipinski definition) is 2. The van der Waals surface area contributed by atoms with E-state index >= 15 is 0 Å². The van der Waals surface area contributed by atoms with Crippen LogP contribution in [0.15, 0.2) is 67.0 Å². The first-order valence-electron chi connectivity index (χ1n) is 8.53. The maximum absolute atomic E-state index is 13.2. The number of nitrogens with zero attached hydrogens (tertiary/aromatic N) is 1. The third kappa shape index (κ3) is 5.28. The van der Waals surface area contributed by atoms with Gasteiger partial charge in [0, 0.05) is 24.6 Å². The molecular weight excluding hydrogens is 345 g/mol. The molecule has 3 aromatic rings. The number of amides is 1. The maximum Gasteiger partial charge on any atom is 0.257 e. The summed E-state index contributed by atoms with van der Waals surface area (Å²) in [5, 5.41) is 5.92. The molecule has 1 aromatic heterocycles. The van der Waals surface area contributed by atoms with Gasteiger partial charge in [-0.05, 0) is 48.4 Å². The van der Waals surface area contributed by atoms with Crippen molar-refractivity contribution in [2.24, 2.45) is 0 Å². The molecule has 5 nitrogen and oxygen atoms in total. The van der Waals surface area contributed by atoms with E-state index < -0.39 is 5.82 Å². The summed E-state index contributed by atoms with van der Waals surface area (Å²) in [6, 6.07) is 15.4. The molecule has 27 heavy (non-hydrogen) atoms. The molecule has 0 fully saturated rings. The Labute approximate surface area is 157 Å². The predicted octanol–water partition coefficient (Wildman–Crippen LogP) is 4.14. The summed E-state index contributed by atoms with van der Waals surface area (Å²) in [6.07, 6.45) is 3.96. The minimum absolute atomic E-state index is 0.341. The molecule has 0 spiro atoms. The summed E-state index contributed by atoms with van der Waals surface area (Å²) >= 11 is 0. The van der Waals surface area contributed by atoms with Gasteiger partial charge in [-0.15, -0.1) is 0 Å². The van der Waals surface area contributed by atoms with Crippen LogP contribution in [0.25, 0.3) is 0 Å². The van der Waals surface area contributed by atoms with Gasteiger partial charge in [-0.25, -0.2) is 4.39 Å². The van der Waals surface area contributed by atoms with Gasteiger partial charge >= 0.3 is 0 Å². The van der Waals surface area contributed by atoms with Crippen LogP contribution in [0.2, 0.25) is 0 Å². The zero-order chi connectivity index (χ0) is 19.1. The lowest BCUT2D eigenvalue weighted by molar-refractivity contribution is 0.102. The van der Waals surface area contributed by atoms with E-state index in [0.717, 1.165) is 17.9 Å². The maximum atomic E-state index is 13.2. The number of carbonyl (C=O) groups excluding carboxylic acids is 1. The summed E-state index contributed by atoms with van der Waals surface area (Å²) in [5.74, 6) is 0.0831. The van der Waals surface area contributed by atoms with Crippen LogP contribution in [-0.4, -0.2) is 24.5 Å². The highest BCUT2D eigenvalue weighted by Gasteiger charge is 2.08. The van der Waals surface area contributed by atoms with Crippen LogP contribution in [-0.2, 0) is 6.42 Å². The number of nitrogens with one attached hydrogen (secondary N) is 2. The highest BCUT2D eigenvalue weighted by atomic mass is 19.1. The van der Waals surface area contributed by atoms with Crippen molar-refractivity contribution in [3.8, 4) is 5.75 Å². The van der Waals surface area contributed by atoms with Crippen molar-refractivity contribution >= 4 is 17.3 Å². The van der Waals surface area contributed by atoms with Crippen LogP contribution in [0.4, 0.5) is 15.8 Å². The fourth-order valence-corrected chi connectivity index (χ4v) is 2.57. The number of aromatic nitrogens is 1. The van der Waals surface area contributed by atoms with Crippen LogP contribution >= 0.6 is 0 Å². The number of rotatable bonds is 7. The van der Waals surface area contributed by atoms with Gasteiger partial charge in [-0.2, -0.15) is 0 Å². The van der Waals surface area contributed by atoms with E-state index in [1.54, 1.807) is 31.5 Å². The number of halogens is 1. The van der Waals surface area contributed by atoms with Crippen molar-refractivity contribution in [1.82, 2.24) is 4.98 Å². The SMILES string of the molecule is COc1ccc(CCNc2cncc(C(=O)Nc3cccc(F)c3)c2)cc1. The molecule has 0 aliphatic rings. The molecule has 0 radical (unpaired) electrons. The van der Waals surface area contributed by atoms with Gasteiger partial charge < -0.3 is 15.4 Å². The lowest BCUT2D eigenvalue weighted by Crippen LogP contribution is -2.13. The summed E-state index contributed by atoms with van der Waals surface area (Å²) in [5.41, 5.74) is 2.72. The Morgan fingerprint density at radius 2 is 1.89 bits per heavy atom. The summed E-state index contributed by atoms with van der Waals surface area (Å²) < 4.78 is 18.4. The van der Waals surface area contributed by atoms with Gasteiger partial charge in [-0.3, -0.25) is 9.78 Å². The molecular formula is C21H20FN3O2. The number of hydrogen-bond acceptors (Lipinski definition) is 4. The number of carbonyl (C=O) groups is 1. The van der Waals surface area contributed by atoms with Crippen LogP contribution in [0, 0.1) is 5.82 Å². The standard InChI is InChI=1S/C21H20FN3O2/c1-27-20-7-5-15(6-8-20)9-10-24-19-11-16(13-23-14-19)21(26)25-18-4-2-3-17(22)12-18/h2-8,11-14,24H,9-10H2,1H3,(H,25,26). The molecule has 0 unspecified atom stereocenters. The zero-order valence-corrected chi connectivity index (χ0v) is 14.9. The lowest BCUT2D eigenvalue weighted by Gasteiger charge is -2.09. The smallest absolute Gasteiger partial charge is 0.257 e. The van der Waals surface area contributed by atoms with Crippen molar-refractivity contribution in [3.05, 3.63) is 83.9 Å². The van der Waals surface area contributed by atoms with Gasteiger partial charge in [0.15, 0.2) is 0 Å². The van der Waals surface area contributed by atoms with Crippen molar-refractivity contribution in [3.63, 3.8) is 0 Å². The first kappa shape index (κ1) is 18.4. The van der Waals surface area contributed by atoms with Gasteiger partial charge in [0.1, 0.15) is 11.6 Å². The quantitative estimate of drug-likeness (QED) is 0.661. The molecule has 6 heteroatoms. The lowest BCUT2D eigenvalue weighted by atomic mass is 10.1. The topological polar surface area (TPSA) is 63.2 Å². The van der Waals surface area contributed by atoms with Gasteiger partial charge in [-0.1, -0.05) is 18.2 Å². The largest absolute Gasteiger partial charge is 0.497 e. The average molecular weight is 365 g/mol. The Bertz CT molecular complexity index is 913. The molecule has 0 aliphatic heterocycles. The second-order valence-electron chi connectivity index (χ2n) is 5.95. The Balaban J connectivity index is 1.57. The van der Waals surface area contributed by atoms with Crippen molar-refractivity contribution < 1.29 is 13.9 Å². The zero-order valence-electron chi connectivity index (χ0n) is 14.9. The van der Waals surface area contributed by atoms with Crippen molar-refractivity contribution in [1.29, 1.82) is 0 Å². The number of ether oxygens (including phenoxy) is 1. The predicted molar refractivity (Wildman–Crippen MR) is 104 cm³/mol. The molecule has 0 atom stereocenters. The minimum Gasteiger partial charge on any atom is -0.497 e. The third-order valence-corrected chi connectivity index (χ3v) is 3.98. The first-order chi connectivity index (χ1) is 13.1. The molecule has 3 rings (SSSR count). The normalized spacial score (nSPS) is 10.3. The van der Waals surface area contributed by atoms with Gasteiger partial charge in [0.05, 0.1) is 18.4 Å². The summed E-state index contributed by atoms with van der Waals surface area (Å²) in [7, 11) is 1.64. The highest BCUT2D eigenvalue weighted by molar-refractivity contribution is 6.04. The molecule has 2 N–H and O–H groups in total. The molecule has 0 aliphatic carbocycles. The Morgan fingerprint density at radius 1 is 1.07 bits per heavy atom. The van der Waals surface area contributed by atoms with Crippen molar-refractivity contribution in [2.45, 2.75) is 6.42 Å². The Hall–Kier alpha value is -3.41. The monoisotopic (exact) mass is 365 g/mol. The minimum atomic E-state index is -0.403. The molecule has 0 bridgehead atoms. The molecule has 2 aromatic carbocycles. The number of anilines is 2. The second kappa shape index (κ2) is 8.80. The van der Waals surface area contributed by atoms with E-state index in [4.69, 9.17) is 4.74 Å². The molecule has 0 saturated heterocycles. The van der Waals surface area contributed by atoms with Crippen LogP contribution < -0.4 is 15.4 Å². The number of pyridine rings is 1. The van der Waals surface area contributed by atoms with E-state index in [1.807, 2.05) is 24.3 Å².